The quantitative estimate of drug-likeness (QED) is 0.668. The predicted molar refractivity (Wildman–Crippen MR) is 102 cm³/mol. The largest absolute Gasteiger partial charge is 0.340 e. The minimum absolute atomic E-state index is 0.0436. The number of halogens is 1. The fourth-order valence-electron chi connectivity index (χ4n) is 3.31. The van der Waals surface area contributed by atoms with Gasteiger partial charge in [0.15, 0.2) is 5.65 Å². The van der Waals surface area contributed by atoms with E-state index in [-0.39, 0.29) is 30.2 Å². The van der Waals surface area contributed by atoms with Gasteiger partial charge in [0.1, 0.15) is 11.2 Å². The number of aromatic nitrogens is 4. The summed E-state index contributed by atoms with van der Waals surface area (Å²) in [6, 6.07) is 5.80. The summed E-state index contributed by atoms with van der Waals surface area (Å²) in [5.41, 5.74) is 0.772. The van der Waals surface area contributed by atoms with E-state index >= 15 is 0 Å². The van der Waals surface area contributed by atoms with Gasteiger partial charge in [0.25, 0.3) is 5.56 Å². The molecule has 0 spiro atoms. The van der Waals surface area contributed by atoms with Gasteiger partial charge < -0.3 is 9.80 Å². The van der Waals surface area contributed by atoms with Crippen molar-refractivity contribution in [2.75, 3.05) is 33.2 Å². The van der Waals surface area contributed by atoms with Gasteiger partial charge in [-0.1, -0.05) is 0 Å². The van der Waals surface area contributed by atoms with Crippen molar-refractivity contribution in [1.29, 1.82) is 0 Å². The Bertz CT molecular complexity index is 1050. The molecule has 2 aromatic heterocycles. The standard InChI is InChI=1S/C19H21FN6O2/c1-23-8-10-24(11-9-23)17(27)6-7-25-13-21-18-16(19(25)28)12-22-26(18)15-4-2-14(20)3-5-15/h2-5,12-13H,6-11H2,1H3. The molecule has 0 aliphatic carbocycles. The minimum Gasteiger partial charge on any atom is -0.340 e. The van der Waals surface area contributed by atoms with Crippen LogP contribution in [0.1, 0.15) is 6.42 Å². The number of rotatable bonds is 4. The van der Waals surface area contributed by atoms with Crippen molar-refractivity contribution in [2.45, 2.75) is 13.0 Å². The second-order valence-corrected chi connectivity index (χ2v) is 6.95. The van der Waals surface area contributed by atoms with Crippen LogP contribution in [0.15, 0.2) is 41.6 Å². The molecule has 0 saturated carbocycles. The van der Waals surface area contributed by atoms with Gasteiger partial charge in [-0.15, -0.1) is 0 Å². The maximum atomic E-state index is 13.1. The highest BCUT2D eigenvalue weighted by atomic mass is 19.1. The summed E-state index contributed by atoms with van der Waals surface area (Å²) in [6.07, 6.45) is 3.14. The van der Waals surface area contributed by atoms with E-state index in [0.717, 1.165) is 13.1 Å². The van der Waals surface area contributed by atoms with Crippen LogP contribution in [-0.2, 0) is 11.3 Å². The molecule has 1 aliphatic heterocycles. The summed E-state index contributed by atoms with van der Waals surface area (Å²) in [5, 5.41) is 4.57. The molecule has 28 heavy (non-hydrogen) atoms. The lowest BCUT2D eigenvalue weighted by Gasteiger charge is -2.32. The molecule has 1 fully saturated rings. The molecule has 0 radical (unpaired) electrons. The first-order valence-corrected chi connectivity index (χ1v) is 9.18. The first kappa shape index (κ1) is 18.3. The Morgan fingerprint density at radius 2 is 1.86 bits per heavy atom. The number of likely N-dealkylation sites (N-methyl/N-ethyl adjacent to an activating group) is 1. The van der Waals surface area contributed by atoms with Crippen molar-refractivity contribution in [3.05, 3.63) is 53.0 Å². The lowest BCUT2D eigenvalue weighted by molar-refractivity contribution is -0.133. The van der Waals surface area contributed by atoms with Crippen LogP contribution in [0.3, 0.4) is 0 Å². The second-order valence-electron chi connectivity index (χ2n) is 6.95. The van der Waals surface area contributed by atoms with Crippen LogP contribution in [0.2, 0.25) is 0 Å². The van der Waals surface area contributed by atoms with Crippen molar-refractivity contribution in [3.8, 4) is 5.69 Å². The van der Waals surface area contributed by atoms with Crippen molar-refractivity contribution < 1.29 is 9.18 Å². The van der Waals surface area contributed by atoms with Crippen LogP contribution >= 0.6 is 0 Å². The normalized spacial score (nSPS) is 15.3. The zero-order chi connectivity index (χ0) is 19.7. The van der Waals surface area contributed by atoms with Crippen LogP contribution < -0.4 is 5.56 Å². The Morgan fingerprint density at radius 1 is 1.14 bits per heavy atom. The van der Waals surface area contributed by atoms with E-state index in [9.17, 15) is 14.0 Å². The van der Waals surface area contributed by atoms with E-state index in [1.165, 1.54) is 33.9 Å². The molecule has 1 aromatic carbocycles. The number of nitrogens with zero attached hydrogens (tertiary/aromatic N) is 6. The van der Waals surface area contributed by atoms with E-state index in [4.69, 9.17) is 0 Å². The lowest BCUT2D eigenvalue weighted by Crippen LogP contribution is -2.47. The Balaban J connectivity index is 1.51. The van der Waals surface area contributed by atoms with Crippen molar-refractivity contribution >= 4 is 16.9 Å². The molecule has 146 valence electrons. The molecule has 3 aromatic rings. The van der Waals surface area contributed by atoms with Crippen LogP contribution in [0.25, 0.3) is 16.7 Å². The first-order valence-electron chi connectivity index (χ1n) is 9.18. The number of hydrogen-bond donors (Lipinski definition) is 0. The SMILES string of the molecule is CN1CCN(C(=O)CCn2cnc3c(cnn3-c3ccc(F)cc3)c2=O)CC1. The highest BCUT2D eigenvalue weighted by Gasteiger charge is 2.19. The van der Waals surface area contributed by atoms with E-state index in [0.29, 0.717) is 29.8 Å². The van der Waals surface area contributed by atoms with Gasteiger partial charge in [-0.2, -0.15) is 5.10 Å². The zero-order valence-electron chi connectivity index (χ0n) is 15.6. The second kappa shape index (κ2) is 7.51. The Labute approximate surface area is 160 Å². The van der Waals surface area contributed by atoms with Gasteiger partial charge in [-0.25, -0.2) is 14.1 Å². The van der Waals surface area contributed by atoms with E-state index in [1.807, 2.05) is 11.9 Å². The van der Waals surface area contributed by atoms with Crippen molar-refractivity contribution in [3.63, 3.8) is 0 Å². The predicted octanol–water partition coefficient (Wildman–Crippen LogP) is 0.885. The van der Waals surface area contributed by atoms with Gasteiger partial charge in [0, 0.05) is 39.1 Å². The molecule has 4 rings (SSSR count). The molecule has 8 nitrogen and oxygen atoms in total. The van der Waals surface area contributed by atoms with Crippen molar-refractivity contribution in [2.24, 2.45) is 0 Å². The summed E-state index contributed by atoms with van der Waals surface area (Å²) < 4.78 is 16.1. The third-order valence-electron chi connectivity index (χ3n) is 5.05. The topological polar surface area (TPSA) is 76.3 Å². The van der Waals surface area contributed by atoms with Crippen LogP contribution in [-0.4, -0.2) is 68.3 Å². The third kappa shape index (κ3) is 3.53. The van der Waals surface area contributed by atoms with Crippen molar-refractivity contribution in [1.82, 2.24) is 29.1 Å². The molecule has 1 aliphatic rings. The Kier molecular flexibility index (Phi) is 4.91. The number of aryl methyl sites for hydroxylation is 1. The summed E-state index contributed by atoms with van der Waals surface area (Å²) in [6.45, 7) is 3.43. The Morgan fingerprint density at radius 3 is 2.57 bits per heavy atom. The molecule has 0 bridgehead atoms. The van der Waals surface area contributed by atoms with Crippen LogP contribution in [0, 0.1) is 5.82 Å². The van der Waals surface area contributed by atoms with Gasteiger partial charge in [0.05, 0.1) is 18.2 Å². The molecule has 1 amide bonds. The molecule has 1 saturated heterocycles. The number of carbonyl (C=O) groups is 1. The number of piperazine rings is 1. The molecule has 9 heteroatoms. The molecule has 0 N–H and O–H groups in total. The average molecular weight is 384 g/mol. The number of benzene rings is 1. The highest BCUT2D eigenvalue weighted by molar-refractivity contribution is 5.77. The van der Waals surface area contributed by atoms with Crippen LogP contribution in [0.5, 0.6) is 0 Å². The molecule has 0 unspecified atom stereocenters. The number of amides is 1. The fraction of sp³-hybridized carbons (Fsp3) is 0.368. The van der Waals surface area contributed by atoms with Gasteiger partial charge in [-0.3, -0.25) is 14.2 Å². The van der Waals surface area contributed by atoms with Gasteiger partial charge in [-0.05, 0) is 31.3 Å². The zero-order valence-corrected chi connectivity index (χ0v) is 15.6. The first-order chi connectivity index (χ1) is 13.5. The van der Waals surface area contributed by atoms with Crippen LogP contribution in [0.4, 0.5) is 4.39 Å². The third-order valence-corrected chi connectivity index (χ3v) is 5.05. The number of hydrogen-bond acceptors (Lipinski definition) is 5. The Hall–Kier alpha value is -3.07. The summed E-state index contributed by atoms with van der Waals surface area (Å²) in [7, 11) is 2.04. The average Bonchev–Trinajstić information content (AvgIpc) is 3.13. The fourth-order valence-corrected chi connectivity index (χ4v) is 3.31. The molecule has 3 heterocycles. The summed E-state index contributed by atoms with van der Waals surface area (Å²) >= 11 is 0. The van der Waals surface area contributed by atoms with Gasteiger partial charge in [0.2, 0.25) is 5.91 Å². The van der Waals surface area contributed by atoms with E-state index < -0.39 is 0 Å². The van der Waals surface area contributed by atoms with E-state index in [2.05, 4.69) is 15.0 Å². The monoisotopic (exact) mass is 384 g/mol. The smallest absolute Gasteiger partial charge is 0.264 e. The maximum Gasteiger partial charge on any atom is 0.264 e. The summed E-state index contributed by atoms with van der Waals surface area (Å²) in [5.74, 6) is -0.303. The number of carbonyl (C=O) groups excluding carboxylic acids is 1. The maximum absolute atomic E-state index is 13.1. The number of fused-ring (bicyclic) bond motifs is 1. The minimum atomic E-state index is -0.347. The molecule has 0 atom stereocenters. The summed E-state index contributed by atoms with van der Waals surface area (Å²) in [4.78, 5) is 33.5. The lowest BCUT2D eigenvalue weighted by atomic mass is 10.3. The highest BCUT2D eigenvalue weighted by Crippen LogP contribution is 2.14. The molecular formula is C19H21FN6O2. The van der Waals surface area contributed by atoms with Gasteiger partial charge >= 0.3 is 0 Å². The molecular weight excluding hydrogens is 363 g/mol. The van der Waals surface area contributed by atoms with E-state index in [1.54, 1.807) is 12.1 Å².